The van der Waals surface area contributed by atoms with Crippen molar-refractivity contribution >= 4 is 50.7 Å². The van der Waals surface area contributed by atoms with E-state index in [-0.39, 0.29) is 24.0 Å². The molecule has 1 fully saturated rings. The van der Waals surface area contributed by atoms with Gasteiger partial charge in [0.25, 0.3) is 0 Å². The van der Waals surface area contributed by atoms with E-state index in [1.165, 1.54) is 22.3 Å². The number of aliphatic hydroxyl groups is 1. The van der Waals surface area contributed by atoms with Crippen LogP contribution in [-0.2, 0) is 4.79 Å². The largest absolute Gasteiger partial charge is 0.456 e. The third-order valence-corrected chi connectivity index (χ3v) is 7.96. The van der Waals surface area contributed by atoms with Gasteiger partial charge >= 0.3 is 6.03 Å². The second-order valence-electron chi connectivity index (χ2n) is 9.37. The SMILES string of the molecule is C=CC(=O)N[C@H]1CC[C@@H](NC(O)c2sc3nccc4c3c2NC(=O)N4c2ccc(Oc3ccccc3)cn2)C1. The molecule has 1 aliphatic heterocycles. The summed E-state index contributed by atoms with van der Waals surface area (Å²) in [6.45, 7) is 3.49. The average Bonchev–Trinajstić information content (AvgIpc) is 3.55. The smallest absolute Gasteiger partial charge is 0.332 e. The number of ether oxygens (including phenoxy) is 1. The van der Waals surface area contributed by atoms with E-state index >= 15 is 0 Å². The molecule has 0 radical (unpaired) electrons. The minimum Gasteiger partial charge on any atom is -0.456 e. The quantitative estimate of drug-likeness (QED) is 0.183. The van der Waals surface area contributed by atoms with E-state index in [4.69, 9.17) is 4.74 Å². The minimum absolute atomic E-state index is 0.0107. The van der Waals surface area contributed by atoms with Crippen molar-refractivity contribution in [3.8, 4) is 11.5 Å². The van der Waals surface area contributed by atoms with Crippen LogP contribution < -0.4 is 25.6 Å². The van der Waals surface area contributed by atoms with Crippen molar-refractivity contribution in [2.24, 2.45) is 0 Å². The second-order valence-corrected chi connectivity index (χ2v) is 10.4. The second kappa shape index (κ2) is 10.4. The van der Waals surface area contributed by atoms with Crippen molar-refractivity contribution in [3.05, 3.63) is 78.5 Å². The molecule has 1 aromatic carbocycles. The number of amides is 3. The number of nitrogens with one attached hydrogen (secondary N) is 3. The number of carbonyl (C=O) groups is 2. The van der Waals surface area contributed by atoms with E-state index in [9.17, 15) is 14.7 Å². The third-order valence-electron chi connectivity index (χ3n) is 6.81. The highest BCUT2D eigenvalue weighted by atomic mass is 32.1. The Kier molecular flexibility index (Phi) is 6.69. The number of carbonyl (C=O) groups excluding carboxylic acids is 2. The lowest BCUT2D eigenvalue weighted by Crippen LogP contribution is -2.36. The molecule has 3 aromatic heterocycles. The number of rotatable bonds is 8. The monoisotopic (exact) mass is 542 g/mol. The van der Waals surface area contributed by atoms with E-state index in [2.05, 4.69) is 32.5 Å². The van der Waals surface area contributed by atoms with Crippen LogP contribution in [-0.4, -0.2) is 39.1 Å². The van der Waals surface area contributed by atoms with E-state index in [0.29, 0.717) is 44.8 Å². The standard InChI is InChI=1S/C28H26N6O4S/c1-2-22(35)31-16-8-9-17(14-16)32-26(36)25-24-23-20(12-13-29-27(23)39-25)34(28(37)33-24)21-11-10-19(15-30-21)38-18-6-4-3-5-7-18/h2-7,10-13,15-17,26,32,36H,1,8-9,14H2,(H,31,35)(H,33,37)/t16-,17+,26?/m0/s1. The van der Waals surface area contributed by atoms with Crippen molar-refractivity contribution in [1.82, 2.24) is 20.6 Å². The van der Waals surface area contributed by atoms with Gasteiger partial charge in [0.05, 0.1) is 27.8 Å². The summed E-state index contributed by atoms with van der Waals surface area (Å²) in [4.78, 5) is 36.7. The summed E-state index contributed by atoms with van der Waals surface area (Å²) in [6, 6.07) is 14.3. The molecule has 1 saturated carbocycles. The number of hydrogen-bond acceptors (Lipinski definition) is 8. The Morgan fingerprint density at radius 1 is 1.15 bits per heavy atom. The summed E-state index contributed by atoms with van der Waals surface area (Å²) in [7, 11) is 0. The number of para-hydroxylation sites is 1. The lowest BCUT2D eigenvalue weighted by Gasteiger charge is -2.28. The maximum Gasteiger partial charge on any atom is 0.332 e. The van der Waals surface area contributed by atoms with Crippen molar-refractivity contribution in [1.29, 1.82) is 0 Å². The van der Waals surface area contributed by atoms with Crippen LogP contribution in [0.2, 0.25) is 0 Å². The molecule has 2 aliphatic rings. The molecule has 0 spiro atoms. The molecule has 4 N–H and O–H groups in total. The summed E-state index contributed by atoms with van der Waals surface area (Å²) in [5.74, 6) is 1.47. The van der Waals surface area contributed by atoms with Crippen LogP contribution in [0.3, 0.4) is 0 Å². The van der Waals surface area contributed by atoms with E-state index in [0.717, 1.165) is 18.2 Å². The molecule has 10 nitrogen and oxygen atoms in total. The summed E-state index contributed by atoms with van der Waals surface area (Å²) in [6.07, 6.45) is 5.77. The Bertz CT molecular complexity index is 1540. The number of nitrogens with zero attached hydrogens (tertiary/aromatic N) is 3. The maximum absolute atomic E-state index is 13.3. The first-order valence-electron chi connectivity index (χ1n) is 12.6. The normalized spacial score (nSPS) is 19.0. The van der Waals surface area contributed by atoms with Crippen molar-refractivity contribution in [3.63, 3.8) is 0 Å². The summed E-state index contributed by atoms with van der Waals surface area (Å²) in [5.41, 5.74) is 1.17. The summed E-state index contributed by atoms with van der Waals surface area (Å²) >= 11 is 1.32. The predicted molar refractivity (Wildman–Crippen MR) is 149 cm³/mol. The molecule has 11 heteroatoms. The zero-order chi connectivity index (χ0) is 26.9. The molecule has 6 rings (SSSR count). The zero-order valence-electron chi connectivity index (χ0n) is 20.8. The lowest BCUT2D eigenvalue weighted by molar-refractivity contribution is -0.117. The molecule has 1 unspecified atom stereocenters. The molecule has 3 atom stereocenters. The van der Waals surface area contributed by atoms with Gasteiger partial charge in [0, 0.05) is 18.3 Å². The molecule has 39 heavy (non-hydrogen) atoms. The Hall–Kier alpha value is -4.32. The number of thiophene rings is 1. The molecule has 3 amide bonds. The zero-order valence-corrected chi connectivity index (χ0v) is 21.6. The van der Waals surface area contributed by atoms with Gasteiger partial charge in [-0.2, -0.15) is 0 Å². The predicted octanol–water partition coefficient (Wildman–Crippen LogP) is 4.97. The van der Waals surface area contributed by atoms with Crippen molar-refractivity contribution in [2.75, 3.05) is 10.2 Å². The Morgan fingerprint density at radius 3 is 2.74 bits per heavy atom. The molecule has 0 saturated heterocycles. The van der Waals surface area contributed by atoms with Gasteiger partial charge in [-0.25, -0.2) is 19.7 Å². The van der Waals surface area contributed by atoms with E-state index < -0.39 is 6.23 Å². The Labute approximate surface area is 228 Å². The van der Waals surface area contributed by atoms with Gasteiger partial charge in [0.1, 0.15) is 28.4 Å². The summed E-state index contributed by atoms with van der Waals surface area (Å²) in [5, 5.41) is 21.0. The fourth-order valence-electron chi connectivity index (χ4n) is 5.04. The molecule has 4 heterocycles. The molecule has 198 valence electrons. The highest BCUT2D eigenvalue weighted by molar-refractivity contribution is 7.19. The highest BCUT2D eigenvalue weighted by Crippen LogP contribution is 2.47. The first kappa shape index (κ1) is 25.0. The molecular formula is C28H26N6O4S. The number of pyridine rings is 2. The number of aromatic nitrogens is 2. The maximum atomic E-state index is 13.3. The molecule has 4 aromatic rings. The van der Waals surface area contributed by atoms with Crippen molar-refractivity contribution < 1.29 is 19.4 Å². The van der Waals surface area contributed by atoms with E-state index in [1.54, 1.807) is 30.6 Å². The minimum atomic E-state index is -1.01. The Balaban J connectivity index is 1.23. The van der Waals surface area contributed by atoms with Crippen LogP contribution in [0, 0.1) is 0 Å². The van der Waals surface area contributed by atoms with Gasteiger partial charge in [0.15, 0.2) is 0 Å². The van der Waals surface area contributed by atoms with Gasteiger partial charge in [-0.15, -0.1) is 11.3 Å². The van der Waals surface area contributed by atoms with Gasteiger partial charge in [-0.3, -0.25) is 10.1 Å². The van der Waals surface area contributed by atoms with Gasteiger partial charge in [-0.1, -0.05) is 24.8 Å². The van der Waals surface area contributed by atoms with Crippen molar-refractivity contribution in [2.45, 2.75) is 37.6 Å². The van der Waals surface area contributed by atoms with Gasteiger partial charge in [0.2, 0.25) is 5.91 Å². The topological polar surface area (TPSA) is 129 Å². The van der Waals surface area contributed by atoms with Crippen LogP contribution in [0.5, 0.6) is 11.5 Å². The number of hydrogen-bond donors (Lipinski definition) is 4. The van der Waals surface area contributed by atoms with Crippen LogP contribution in [0.15, 0.2) is 73.6 Å². The summed E-state index contributed by atoms with van der Waals surface area (Å²) < 4.78 is 5.83. The average molecular weight is 543 g/mol. The van der Waals surface area contributed by atoms with Crippen LogP contribution in [0.4, 0.5) is 22.0 Å². The fourth-order valence-corrected chi connectivity index (χ4v) is 6.10. The first-order chi connectivity index (χ1) is 19.0. The Morgan fingerprint density at radius 2 is 1.97 bits per heavy atom. The number of urea groups is 1. The number of aliphatic hydroxyl groups excluding tert-OH is 1. The fraction of sp³-hybridized carbons (Fsp3) is 0.214. The third kappa shape index (κ3) is 4.94. The molecular weight excluding hydrogens is 516 g/mol. The molecule has 0 bridgehead atoms. The highest BCUT2D eigenvalue weighted by Gasteiger charge is 2.34. The van der Waals surface area contributed by atoms with Crippen LogP contribution >= 0.6 is 11.3 Å². The number of benzene rings is 1. The van der Waals surface area contributed by atoms with Crippen LogP contribution in [0.25, 0.3) is 10.2 Å². The van der Waals surface area contributed by atoms with E-state index in [1.807, 2.05) is 30.3 Å². The lowest BCUT2D eigenvalue weighted by atomic mass is 10.1. The first-order valence-corrected chi connectivity index (χ1v) is 13.4. The number of anilines is 3. The van der Waals surface area contributed by atoms with Gasteiger partial charge in [-0.05, 0) is 55.7 Å². The molecule has 1 aliphatic carbocycles. The van der Waals surface area contributed by atoms with Gasteiger partial charge < -0.3 is 20.5 Å². The van der Waals surface area contributed by atoms with Crippen LogP contribution in [0.1, 0.15) is 30.4 Å².